The molecule has 1 saturated carbocycles. The molecule has 0 aliphatic heterocycles. The Morgan fingerprint density at radius 3 is 2.89 bits per heavy atom. The molecule has 0 spiro atoms. The van der Waals surface area contributed by atoms with Crippen LogP contribution in [-0.2, 0) is 15.6 Å². The number of amides is 1. The molecule has 6 heteroatoms. The smallest absolute Gasteiger partial charge is 0.233 e. The SMILES string of the molecule is COc1cc(N)ccc1S(=O)CC(=O)NCC1CC1. The molecule has 0 radical (unpaired) electrons. The maximum Gasteiger partial charge on any atom is 0.233 e. The number of nitrogens with one attached hydrogen (secondary N) is 1. The number of carbonyl (C=O) groups excluding carboxylic acids is 1. The summed E-state index contributed by atoms with van der Waals surface area (Å²) in [4.78, 5) is 12.2. The van der Waals surface area contributed by atoms with Gasteiger partial charge in [0, 0.05) is 18.3 Å². The van der Waals surface area contributed by atoms with E-state index >= 15 is 0 Å². The van der Waals surface area contributed by atoms with Crippen molar-refractivity contribution in [3.05, 3.63) is 18.2 Å². The molecule has 1 aromatic carbocycles. The predicted molar refractivity (Wildman–Crippen MR) is 74.4 cm³/mol. The number of rotatable bonds is 6. The van der Waals surface area contributed by atoms with Gasteiger partial charge in [0.1, 0.15) is 11.5 Å². The maximum atomic E-state index is 12.1. The minimum Gasteiger partial charge on any atom is -0.495 e. The van der Waals surface area contributed by atoms with Gasteiger partial charge in [0.25, 0.3) is 0 Å². The van der Waals surface area contributed by atoms with E-state index < -0.39 is 10.8 Å². The topological polar surface area (TPSA) is 81.4 Å². The quantitative estimate of drug-likeness (QED) is 0.760. The van der Waals surface area contributed by atoms with Crippen LogP contribution in [0.1, 0.15) is 12.8 Å². The van der Waals surface area contributed by atoms with Crippen LogP contribution in [0.25, 0.3) is 0 Å². The number of carbonyl (C=O) groups is 1. The van der Waals surface area contributed by atoms with E-state index in [0.29, 0.717) is 28.8 Å². The summed E-state index contributed by atoms with van der Waals surface area (Å²) in [5.41, 5.74) is 6.17. The largest absolute Gasteiger partial charge is 0.495 e. The Balaban J connectivity index is 1.96. The van der Waals surface area contributed by atoms with Crippen molar-refractivity contribution in [3.63, 3.8) is 0 Å². The molecule has 1 unspecified atom stereocenters. The molecule has 0 aromatic heterocycles. The van der Waals surface area contributed by atoms with Crippen molar-refractivity contribution in [2.75, 3.05) is 25.1 Å². The van der Waals surface area contributed by atoms with E-state index in [2.05, 4.69) is 5.32 Å². The highest BCUT2D eigenvalue weighted by molar-refractivity contribution is 7.85. The van der Waals surface area contributed by atoms with Crippen LogP contribution in [0.5, 0.6) is 5.75 Å². The van der Waals surface area contributed by atoms with Gasteiger partial charge in [0.15, 0.2) is 0 Å². The molecule has 2 rings (SSSR count). The minimum atomic E-state index is -1.42. The third-order valence-electron chi connectivity index (χ3n) is 2.98. The Bertz CT molecular complexity index is 501. The Hall–Kier alpha value is -1.56. The molecule has 0 bridgehead atoms. The van der Waals surface area contributed by atoms with E-state index in [0.717, 1.165) is 0 Å². The minimum absolute atomic E-state index is 0.0486. The molecule has 1 fully saturated rings. The Labute approximate surface area is 115 Å². The van der Waals surface area contributed by atoms with Crippen LogP contribution in [0.4, 0.5) is 5.69 Å². The summed E-state index contributed by atoms with van der Waals surface area (Å²) in [5, 5.41) is 2.80. The van der Waals surface area contributed by atoms with Crippen LogP contribution in [0.3, 0.4) is 0 Å². The molecular weight excluding hydrogens is 264 g/mol. The molecule has 1 aliphatic carbocycles. The summed E-state index contributed by atoms with van der Waals surface area (Å²) in [6.45, 7) is 0.689. The van der Waals surface area contributed by atoms with Gasteiger partial charge < -0.3 is 15.8 Å². The lowest BCUT2D eigenvalue weighted by Crippen LogP contribution is -2.30. The normalized spacial score (nSPS) is 15.8. The van der Waals surface area contributed by atoms with E-state index in [9.17, 15) is 9.00 Å². The van der Waals surface area contributed by atoms with Crippen molar-refractivity contribution < 1.29 is 13.7 Å². The first-order chi connectivity index (χ1) is 9.10. The van der Waals surface area contributed by atoms with Crippen molar-refractivity contribution in [1.82, 2.24) is 5.32 Å². The molecule has 1 amide bonds. The molecule has 19 heavy (non-hydrogen) atoms. The van der Waals surface area contributed by atoms with Crippen LogP contribution in [0.2, 0.25) is 0 Å². The number of ether oxygens (including phenoxy) is 1. The number of hydrogen-bond acceptors (Lipinski definition) is 4. The van der Waals surface area contributed by atoms with Crippen LogP contribution in [0.15, 0.2) is 23.1 Å². The Morgan fingerprint density at radius 1 is 1.53 bits per heavy atom. The molecule has 3 N–H and O–H groups in total. The highest BCUT2D eigenvalue weighted by atomic mass is 32.2. The van der Waals surface area contributed by atoms with Crippen LogP contribution in [0, 0.1) is 5.92 Å². The van der Waals surface area contributed by atoms with Gasteiger partial charge in [-0.3, -0.25) is 9.00 Å². The molecule has 5 nitrogen and oxygen atoms in total. The molecule has 1 atom stereocenters. The second-order valence-electron chi connectivity index (χ2n) is 4.65. The first-order valence-corrected chi connectivity index (χ1v) is 7.50. The summed E-state index contributed by atoms with van der Waals surface area (Å²) in [7, 11) is 0.0686. The lowest BCUT2D eigenvalue weighted by molar-refractivity contribution is -0.118. The predicted octanol–water partition coefficient (Wildman–Crippen LogP) is 0.911. The lowest BCUT2D eigenvalue weighted by Gasteiger charge is -2.09. The zero-order chi connectivity index (χ0) is 13.8. The average molecular weight is 282 g/mol. The zero-order valence-electron chi connectivity index (χ0n) is 10.8. The number of hydrogen-bond donors (Lipinski definition) is 2. The van der Waals surface area contributed by atoms with E-state index in [1.54, 1.807) is 18.2 Å². The van der Waals surface area contributed by atoms with Crippen molar-refractivity contribution in [3.8, 4) is 5.75 Å². The van der Waals surface area contributed by atoms with Gasteiger partial charge in [0.05, 0.1) is 22.8 Å². The number of nitrogen functional groups attached to an aromatic ring is 1. The van der Waals surface area contributed by atoms with E-state index in [1.165, 1.54) is 20.0 Å². The molecule has 104 valence electrons. The zero-order valence-corrected chi connectivity index (χ0v) is 11.7. The monoisotopic (exact) mass is 282 g/mol. The summed E-state index contributed by atoms with van der Waals surface area (Å²) in [5.74, 6) is 0.827. The standard InChI is InChI=1S/C13H18N2O3S/c1-18-11-6-10(14)4-5-12(11)19(17)8-13(16)15-7-9-2-3-9/h4-6,9H,2-3,7-8,14H2,1H3,(H,15,16). The summed E-state index contributed by atoms with van der Waals surface area (Å²) < 4.78 is 17.3. The van der Waals surface area contributed by atoms with Gasteiger partial charge in [-0.2, -0.15) is 0 Å². The molecular formula is C13H18N2O3S. The Kier molecular flexibility index (Phi) is 4.42. The average Bonchev–Trinajstić information content (AvgIpc) is 3.20. The van der Waals surface area contributed by atoms with Crippen molar-refractivity contribution in [2.24, 2.45) is 5.92 Å². The molecule has 1 aromatic rings. The van der Waals surface area contributed by atoms with Gasteiger partial charge in [-0.1, -0.05) is 0 Å². The lowest BCUT2D eigenvalue weighted by atomic mass is 10.3. The second-order valence-corrected chi connectivity index (χ2v) is 6.07. The number of methoxy groups -OCH3 is 1. The van der Waals surface area contributed by atoms with E-state index in [4.69, 9.17) is 10.5 Å². The summed E-state index contributed by atoms with van der Waals surface area (Å²) >= 11 is 0. The van der Waals surface area contributed by atoms with E-state index in [1.807, 2.05) is 0 Å². The molecule has 1 aliphatic rings. The number of anilines is 1. The van der Waals surface area contributed by atoms with E-state index in [-0.39, 0.29) is 11.7 Å². The molecule has 0 saturated heterocycles. The van der Waals surface area contributed by atoms with Crippen LogP contribution in [-0.4, -0.2) is 29.5 Å². The fourth-order valence-corrected chi connectivity index (χ4v) is 2.78. The highest BCUT2D eigenvalue weighted by Crippen LogP contribution is 2.27. The first kappa shape index (κ1) is 13.9. The summed E-state index contributed by atoms with van der Waals surface area (Å²) in [6.07, 6.45) is 2.35. The summed E-state index contributed by atoms with van der Waals surface area (Å²) in [6, 6.07) is 4.89. The second kappa shape index (κ2) is 6.06. The first-order valence-electron chi connectivity index (χ1n) is 6.18. The van der Waals surface area contributed by atoms with Crippen molar-refractivity contribution in [1.29, 1.82) is 0 Å². The highest BCUT2D eigenvalue weighted by Gasteiger charge is 2.22. The fraction of sp³-hybridized carbons (Fsp3) is 0.462. The van der Waals surface area contributed by atoms with Gasteiger partial charge in [-0.25, -0.2) is 0 Å². The molecule has 0 heterocycles. The van der Waals surface area contributed by atoms with Gasteiger partial charge in [-0.05, 0) is 30.9 Å². The van der Waals surface area contributed by atoms with Gasteiger partial charge in [-0.15, -0.1) is 0 Å². The Morgan fingerprint density at radius 2 is 2.26 bits per heavy atom. The number of benzene rings is 1. The van der Waals surface area contributed by atoms with Crippen LogP contribution < -0.4 is 15.8 Å². The fourth-order valence-electron chi connectivity index (χ4n) is 1.70. The van der Waals surface area contributed by atoms with Crippen molar-refractivity contribution >= 4 is 22.4 Å². The third-order valence-corrected chi connectivity index (χ3v) is 4.33. The van der Waals surface area contributed by atoms with Crippen molar-refractivity contribution in [2.45, 2.75) is 17.7 Å². The number of nitrogens with two attached hydrogens (primary N) is 1. The van der Waals surface area contributed by atoms with Crippen LogP contribution >= 0.6 is 0 Å². The third kappa shape index (κ3) is 3.96. The van der Waals surface area contributed by atoms with Gasteiger partial charge in [0.2, 0.25) is 5.91 Å². The maximum absolute atomic E-state index is 12.1. The van der Waals surface area contributed by atoms with Gasteiger partial charge >= 0.3 is 0 Å².